The Hall–Kier alpha value is -2.56. The number of anilines is 1. The summed E-state index contributed by atoms with van der Waals surface area (Å²) >= 11 is 0. The van der Waals surface area contributed by atoms with E-state index in [2.05, 4.69) is 5.32 Å². The maximum absolute atomic E-state index is 12.2. The largest absolute Gasteiger partial charge is 0.459 e. The van der Waals surface area contributed by atoms with Crippen LogP contribution < -0.4 is 5.32 Å². The third-order valence-corrected chi connectivity index (χ3v) is 4.46. The molecule has 1 N–H and O–H groups in total. The van der Waals surface area contributed by atoms with Crippen LogP contribution in [0, 0.1) is 5.92 Å². The van der Waals surface area contributed by atoms with Crippen LogP contribution in [0.25, 0.3) is 0 Å². The molecule has 5 heteroatoms. The Morgan fingerprint density at radius 3 is 2.78 bits per heavy atom. The molecule has 0 atom stereocenters. The first-order chi connectivity index (χ1) is 11.2. The van der Waals surface area contributed by atoms with Gasteiger partial charge in [0.1, 0.15) is 0 Å². The van der Waals surface area contributed by atoms with E-state index in [4.69, 9.17) is 4.42 Å². The van der Waals surface area contributed by atoms with Gasteiger partial charge in [-0.3, -0.25) is 9.59 Å². The van der Waals surface area contributed by atoms with Crippen LogP contribution in [0.4, 0.5) is 5.69 Å². The summed E-state index contributed by atoms with van der Waals surface area (Å²) in [6.07, 6.45) is 4.41. The molecule has 2 heterocycles. The van der Waals surface area contributed by atoms with Crippen LogP contribution in [0.15, 0.2) is 41.0 Å². The van der Waals surface area contributed by atoms with E-state index in [1.165, 1.54) is 11.8 Å². The highest BCUT2D eigenvalue weighted by Gasteiger charge is 2.34. The summed E-state index contributed by atoms with van der Waals surface area (Å²) in [4.78, 5) is 26.2. The molecule has 2 amide bonds. The smallest absolute Gasteiger partial charge is 0.291 e. The number of rotatable bonds is 3. The van der Waals surface area contributed by atoms with Gasteiger partial charge in [-0.25, -0.2) is 0 Å². The predicted molar refractivity (Wildman–Crippen MR) is 84.9 cm³/mol. The molecule has 4 rings (SSSR count). The summed E-state index contributed by atoms with van der Waals surface area (Å²) in [5, 5.41) is 2.84. The Balaban J connectivity index is 1.50. The molecule has 0 radical (unpaired) electrons. The molecule has 5 nitrogen and oxygen atoms in total. The molecule has 0 spiro atoms. The van der Waals surface area contributed by atoms with Crippen LogP contribution in [0.2, 0.25) is 0 Å². The Morgan fingerprint density at radius 1 is 1.17 bits per heavy atom. The Kier molecular flexibility index (Phi) is 3.41. The van der Waals surface area contributed by atoms with E-state index in [1.54, 1.807) is 12.1 Å². The maximum atomic E-state index is 12.2. The minimum atomic E-state index is -0.267. The average molecular weight is 310 g/mol. The Morgan fingerprint density at radius 2 is 2.04 bits per heavy atom. The number of amides is 2. The van der Waals surface area contributed by atoms with E-state index in [1.807, 2.05) is 23.1 Å². The molecule has 118 valence electrons. The summed E-state index contributed by atoms with van der Waals surface area (Å²) in [5.74, 6) is 0.545. The van der Waals surface area contributed by atoms with Crippen LogP contribution in [-0.4, -0.2) is 23.3 Å². The molecule has 1 aromatic carbocycles. The average Bonchev–Trinajstić information content (AvgIpc) is 3.27. The molecule has 1 saturated carbocycles. The number of hydrogen-bond donors (Lipinski definition) is 1. The second-order valence-corrected chi connectivity index (χ2v) is 6.20. The first kappa shape index (κ1) is 14.1. The Labute approximate surface area is 134 Å². The van der Waals surface area contributed by atoms with Crippen molar-refractivity contribution in [3.05, 3.63) is 53.5 Å². The zero-order valence-corrected chi connectivity index (χ0v) is 12.7. The zero-order chi connectivity index (χ0) is 15.8. The lowest BCUT2D eigenvalue weighted by Crippen LogP contribution is -2.36. The van der Waals surface area contributed by atoms with Crippen LogP contribution in [-0.2, 0) is 17.8 Å². The van der Waals surface area contributed by atoms with Crippen molar-refractivity contribution in [3.63, 3.8) is 0 Å². The molecule has 0 unspecified atom stereocenters. The molecular formula is C18H18N2O3. The van der Waals surface area contributed by atoms with Crippen molar-refractivity contribution in [2.24, 2.45) is 5.92 Å². The fraction of sp³-hybridized carbons (Fsp3) is 0.333. The highest BCUT2D eigenvalue weighted by molar-refractivity contribution is 6.02. The van der Waals surface area contributed by atoms with Crippen molar-refractivity contribution in [3.8, 4) is 0 Å². The van der Waals surface area contributed by atoms with E-state index in [0.29, 0.717) is 6.54 Å². The van der Waals surface area contributed by atoms with Gasteiger partial charge in [-0.2, -0.15) is 0 Å². The second kappa shape index (κ2) is 5.57. The van der Waals surface area contributed by atoms with Gasteiger partial charge in [0.25, 0.3) is 5.91 Å². The van der Waals surface area contributed by atoms with Gasteiger partial charge in [0.2, 0.25) is 5.91 Å². The van der Waals surface area contributed by atoms with Crippen LogP contribution in [0.5, 0.6) is 0 Å². The minimum Gasteiger partial charge on any atom is -0.459 e. The van der Waals surface area contributed by atoms with Gasteiger partial charge in [0, 0.05) is 24.7 Å². The number of carbonyl (C=O) groups is 2. The Bertz CT molecular complexity index is 748. The van der Waals surface area contributed by atoms with Crippen molar-refractivity contribution in [2.45, 2.75) is 25.8 Å². The van der Waals surface area contributed by atoms with Gasteiger partial charge >= 0.3 is 0 Å². The topological polar surface area (TPSA) is 62.6 Å². The fourth-order valence-corrected chi connectivity index (χ4v) is 3.01. The molecule has 1 aliphatic heterocycles. The quantitative estimate of drug-likeness (QED) is 0.948. The van der Waals surface area contributed by atoms with Gasteiger partial charge in [-0.05, 0) is 54.7 Å². The van der Waals surface area contributed by atoms with Gasteiger partial charge in [-0.1, -0.05) is 6.07 Å². The number of furan rings is 1. The van der Waals surface area contributed by atoms with Crippen molar-refractivity contribution in [1.29, 1.82) is 0 Å². The summed E-state index contributed by atoms with van der Waals surface area (Å²) in [7, 11) is 0. The van der Waals surface area contributed by atoms with E-state index >= 15 is 0 Å². The van der Waals surface area contributed by atoms with Crippen molar-refractivity contribution >= 4 is 17.5 Å². The highest BCUT2D eigenvalue weighted by Crippen LogP contribution is 2.33. The van der Waals surface area contributed by atoms with E-state index in [-0.39, 0.29) is 23.5 Å². The number of nitrogens with zero attached hydrogens (tertiary/aromatic N) is 1. The first-order valence-electron chi connectivity index (χ1n) is 7.96. The van der Waals surface area contributed by atoms with E-state index in [0.717, 1.165) is 37.1 Å². The van der Waals surface area contributed by atoms with Gasteiger partial charge < -0.3 is 14.6 Å². The first-order valence-corrected chi connectivity index (χ1v) is 7.96. The van der Waals surface area contributed by atoms with Gasteiger partial charge in [-0.15, -0.1) is 0 Å². The van der Waals surface area contributed by atoms with Crippen molar-refractivity contribution in [1.82, 2.24) is 4.90 Å². The summed E-state index contributed by atoms with van der Waals surface area (Å²) in [6.45, 7) is 1.43. The van der Waals surface area contributed by atoms with Crippen molar-refractivity contribution in [2.75, 3.05) is 11.9 Å². The summed E-state index contributed by atoms with van der Waals surface area (Å²) < 4.78 is 5.10. The normalized spacial score (nSPS) is 16.8. The lowest BCUT2D eigenvalue weighted by Gasteiger charge is -2.29. The van der Waals surface area contributed by atoms with Crippen LogP contribution in [0.1, 0.15) is 34.5 Å². The standard InChI is InChI=1S/C18H18N2O3/c21-17(16-2-1-9-23-16)19-15-6-5-12-7-8-20(11-14(12)10-15)18(22)13-3-4-13/h1-2,5-6,9-10,13H,3-4,7-8,11H2,(H,19,21). The molecule has 2 aromatic rings. The molecule has 2 aliphatic rings. The van der Waals surface area contributed by atoms with Gasteiger partial charge in [0.15, 0.2) is 5.76 Å². The van der Waals surface area contributed by atoms with E-state index < -0.39 is 0 Å². The lowest BCUT2D eigenvalue weighted by atomic mass is 9.98. The highest BCUT2D eigenvalue weighted by atomic mass is 16.3. The summed E-state index contributed by atoms with van der Waals surface area (Å²) in [6, 6.07) is 9.21. The molecule has 1 aliphatic carbocycles. The van der Waals surface area contributed by atoms with Crippen molar-refractivity contribution < 1.29 is 14.0 Å². The fourth-order valence-electron chi connectivity index (χ4n) is 3.01. The minimum absolute atomic E-state index is 0.249. The number of carbonyl (C=O) groups excluding carboxylic acids is 2. The van der Waals surface area contributed by atoms with Crippen LogP contribution in [0.3, 0.4) is 0 Å². The predicted octanol–water partition coefficient (Wildman–Crippen LogP) is 2.83. The van der Waals surface area contributed by atoms with Gasteiger partial charge in [0.05, 0.1) is 6.26 Å². The number of fused-ring (bicyclic) bond motifs is 1. The molecule has 0 bridgehead atoms. The monoisotopic (exact) mass is 310 g/mol. The molecule has 0 saturated heterocycles. The third-order valence-electron chi connectivity index (χ3n) is 4.46. The molecule has 1 fully saturated rings. The lowest BCUT2D eigenvalue weighted by molar-refractivity contribution is -0.133. The van der Waals surface area contributed by atoms with Crippen LogP contribution >= 0.6 is 0 Å². The van der Waals surface area contributed by atoms with E-state index in [9.17, 15) is 9.59 Å². The number of hydrogen-bond acceptors (Lipinski definition) is 3. The molecule has 23 heavy (non-hydrogen) atoms. The second-order valence-electron chi connectivity index (χ2n) is 6.20. The number of benzene rings is 1. The number of nitrogens with one attached hydrogen (secondary N) is 1. The molecule has 1 aromatic heterocycles. The zero-order valence-electron chi connectivity index (χ0n) is 12.7. The SMILES string of the molecule is O=C(Nc1ccc2c(c1)CN(C(=O)C1CC1)CC2)c1ccco1. The third kappa shape index (κ3) is 2.86. The molecular weight excluding hydrogens is 292 g/mol. The summed E-state index contributed by atoms with van der Waals surface area (Å²) in [5.41, 5.74) is 3.09. The maximum Gasteiger partial charge on any atom is 0.291 e.